The second kappa shape index (κ2) is 8.10. The summed E-state index contributed by atoms with van der Waals surface area (Å²) in [6.45, 7) is 3.58. The van der Waals surface area contributed by atoms with E-state index in [0.29, 0.717) is 16.8 Å². The van der Waals surface area contributed by atoms with Gasteiger partial charge in [-0.1, -0.05) is 23.8 Å². The molecule has 1 fully saturated rings. The molecule has 5 nitrogen and oxygen atoms in total. The number of hydrogen-bond donors (Lipinski definition) is 2. The van der Waals surface area contributed by atoms with Crippen molar-refractivity contribution in [1.82, 2.24) is 10.2 Å². The van der Waals surface area contributed by atoms with E-state index in [1.165, 1.54) is 0 Å². The lowest BCUT2D eigenvalue weighted by molar-refractivity contribution is 0.0792. The Morgan fingerprint density at radius 2 is 1.69 bits per heavy atom. The molecule has 134 valence electrons. The Balaban J connectivity index is 1.62. The van der Waals surface area contributed by atoms with Crippen LogP contribution in [-0.4, -0.2) is 34.9 Å². The highest BCUT2D eigenvalue weighted by Crippen LogP contribution is 2.16. The SMILES string of the molecule is Cc1ccc(C(=O)NC(=S)Nc2cccc(C(=O)N3CCCC3)c2)cc1. The molecule has 0 spiro atoms. The Labute approximate surface area is 158 Å². The Bertz CT molecular complexity index is 827. The second-order valence-electron chi connectivity index (χ2n) is 6.35. The van der Waals surface area contributed by atoms with Gasteiger partial charge in [0, 0.05) is 29.9 Å². The lowest BCUT2D eigenvalue weighted by atomic mass is 10.1. The van der Waals surface area contributed by atoms with Crippen LogP contribution < -0.4 is 10.6 Å². The van der Waals surface area contributed by atoms with Crippen LogP contribution in [-0.2, 0) is 0 Å². The van der Waals surface area contributed by atoms with Crippen molar-refractivity contribution in [1.29, 1.82) is 0 Å². The van der Waals surface area contributed by atoms with Crippen molar-refractivity contribution in [3.63, 3.8) is 0 Å². The number of amides is 2. The predicted octanol–water partition coefficient (Wildman–Crippen LogP) is 3.36. The maximum Gasteiger partial charge on any atom is 0.257 e. The molecule has 0 saturated carbocycles. The number of nitrogens with zero attached hydrogens (tertiary/aromatic N) is 1. The fourth-order valence-corrected chi connectivity index (χ4v) is 3.09. The van der Waals surface area contributed by atoms with Gasteiger partial charge in [-0.25, -0.2) is 0 Å². The quantitative estimate of drug-likeness (QED) is 0.817. The lowest BCUT2D eigenvalue weighted by Gasteiger charge is -2.16. The highest BCUT2D eigenvalue weighted by Gasteiger charge is 2.19. The lowest BCUT2D eigenvalue weighted by Crippen LogP contribution is -2.34. The van der Waals surface area contributed by atoms with E-state index in [1.54, 1.807) is 30.3 Å². The van der Waals surface area contributed by atoms with Gasteiger partial charge in [0.25, 0.3) is 11.8 Å². The Morgan fingerprint density at radius 1 is 1.00 bits per heavy atom. The van der Waals surface area contributed by atoms with E-state index in [9.17, 15) is 9.59 Å². The number of carbonyl (C=O) groups excluding carboxylic acids is 2. The molecule has 2 aromatic rings. The molecule has 0 aromatic heterocycles. The summed E-state index contributed by atoms with van der Waals surface area (Å²) in [4.78, 5) is 26.5. The van der Waals surface area contributed by atoms with Crippen molar-refractivity contribution in [2.24, 2.45) is 0 Å². The molecule has 0 atom stereocenters. The number of carbonyl (C=O) groups is 2. The first-order valence-corrected chi connectivity index (χ1v) is 9.02. The van der Waals surface area contributed by atoms with Crippen molar-refractivity contribution in [3.05, 3.63) is 65.2 Å². The third-order valence-corrected chi connectivity index (χ3v) is 4.51. The van der Waals surface area contributed by atoms with Crippen molar-refractivity contribution in [3.8, 4) is 0 Å². The van der Waals surface area contributed by atoms with Gasteiger partial charge in [0.1, 0.15) is 0 Å². The Kier molecular flexibility index (Phi) is 5.63. The zero-order chi connectivity index (χ0) is 18.5. The van der Waals surface area contributed by atoms with E-state index in [1.807, 2.05) is 30.0 Å². The van der Waals surface area contributed by atoms with Crippen LogP contribution in [0, 0.1) is 6.92 Å². The minimum absolute atomic E-state index is 0.0285. The average Bonchev–Trinajstić information content (AvgIpc) is 3.16. The molecule has 1 aliphatic heterocycles. The van der Waals surface area contributed by atoms with Crippen LogP contribution in [0.2, 0.25) is 0 Å². The first-order valence-electron chi connectivity index (χ1n) is 8.61. The molecule has 0 bridgehead atoms. The number of anilines is 1. The summed E-state index contributed by atoms with van der Waals surface area (Å²) in [7, 11) is 0. The van der Waals surface area contributed by atoms with E-state index in [0.717, 1.165) is 31.5 Å². The van der Waals surface area contributed by atoms with Crippen LogP contribution in [0.1, 0.15) is 39.1 Å². The normalized spacial score (nSPS) is 13.3. The third kappa shape index (κ3) is 4.46. The summed E-state index contributed by atoms with van der Waals surface area (Å²) >= 11 is 5.22. The van der Waals surface area contributed by atoms with Crippen LogP contribution in [0.15, 0.2) is 48.5 Å². The molecule has 1 heterocycles. The maximum atomic E-state index is 12.5. The van der Waals surface area contributed by atoms with Crippen LogP contribution in [0.3, 0.4) is 0 Å². The van der Waals surface area contributed by atoms with Gasteiger partial charge >= 0.3 is 0 Å². The largest absolute Gasteiger partial charge is 0.339 e. The number of thiocarbonyl (C=S) groups is 1. The monoisotopic (exact) mass is 367 g/mol. The number of likely N-dealkylation sites (tertiary alicyclic amines) is 1. The van der Waals surface area contributed by atoms with E-state index < -0.39 is 0 Å². The van der Waals surface area contributed by atoms with Gasteiger partial charge in [-0.15, -0.1) is 0 Å². The molecule has 1 aliphatic rings. The van der Waals surface area contributed by atoms with Crippen molar-refractivity contribution in [2.75, 3.05) is 18.4 Å². The number of aryl methyl sites for hydroxylation is 1. The summed E-state index contributed by atoms with van der Waals surface area (Å²) < 4.78 is 0. The van der Waals surface area contributed by atoms with Gasteiger partial charge < -0.3 is 10.2 Å². The maximum absolute atomic E-state index is 12.5. The standard InChI is InChI=1S/C20H21N3O2S/c1-14-7-9-15(10-8-14)18(24)22-20(26)21-17-6-4-5-16(13-17)19(25)23-11-2-3-12-23/h4-10,13H,2-3,11-12H2,1H3,(H2,21,22,24,26). The molecule has 2 aromatic carbocycles. The fraction of sp³-hybridized carbons (Fsp3) is 0.250. The van der Waals surface area contributed by atoms with Crippen molar-refractivity contribution in [2.45, 2.75) is 19.8 Å². The molecular weight excluding hydrogens is 346 g/mol. The highest BCUT2D eigenvalue weighted by molar-refractivity contribution is 7.80. The highest BCUT2D eigenvalue weighted by atomic mass is 32.1. The minimum Gasteiger partial charge on any atom is -0.339 e. The first kappa shape index (κ1) is 18.1. The van der Waals surface area contributed by atoms with E-state index in [2.05, 4.69) is 10.6 Å². The number of rotatable bonds is 3. The van der Waals surface area contributed by atoms with Crippen molar-refractivity contribution < 1.29 is 9.59 Å². The molecular formula is C20H21N3O2S. The zero-order valence-corrected chi connectivity index (χ0v) is 15.4. The summed E-state index contributed by atoms with van der Waals surface area (Å²) in [6.07, 6.45) is 2.11. The summed E-state index contributed by atoms with van der Waals surface area (Å²) in [5.74, 6) is -0.243. The van der Waals surface area contributed by atoms with Gasteiger partial charge in [0.2, 0.25) is 0 Å². The molecule has 2 amide bonds. The van der Waals surface area contributed by atoms with E-state index in [-0.39, 0.29) is 16.9 Å². The number of hydrogen-bond acceptors (Lipinski definition) is 3. The van der Waals surface area contributed by atoms with Crippen LogP contribution in [0.5, 0.6) is 0 Å². The summed E-state index contributed by atoms with van der Waals surface area (Å²) in [5, 5.41) is 5.82. The molecule has 3 rings (SSSR count). The van der Waals surface area contributed by atoms with Gasteiger partial charge in [-0.3, -0.25) is 14.9 Å². The number of benzene rings is 2. The Morgan fingerprint density at radius 3 is 2.38 bits per heavy atom. The van der Waals surface area contributed by atoms with Gasteiger partial charge in [0.05, 0.1) is 0 Å². The molecule has 26 heavy (non-hydrogen) atoms. The summed E-state index contributed by atoms with van der Waals surface area (Å²) in [5.41, 5.74) is 2.91. The van der Waals surface area contributed by atoms with Crippen molar-refractivity contribution >= 4 is 34.8 Å². The smallest absolute Gasteiger partial charge is 0.257 e. The van der Waals surface area contributed by atoms with Crippen LogP contribution in [0.25, 0.3) is 0 Å². The predicted molar refractivity (Wildman–Crippen MR) is 106 cm³/mol. The molecule has 0 unspecified atom stereocenters. The average molecular weight is 367 g/mol. The van der Waals surface area contributed by atoms with E-state index >= 15 is 0 Å². The topological polar surface area (TPSA) is 61.4 Å². The molecule has 0 aliphatic carbocycles. The van der Waals surface area contributed by atoms with Gasteiger partial charge in [0.15, 0.2) is 5.11 Å². The third-order valence-electron chi connectivity index (χ3n) is 4.30. The second-order valence-corrected chi connectivity index (χ2v) is 6.76. The van der Waals surface area contributed by atoms with Gasteiger partial charge in [-0.05, 0) is 62.3 Å². The van der Waals surface area contributed by atoms with Gasteiger partial charge in [-0.2, -0.15) is 0 Å². The minimum atomic E-state index is -0.271. The number of nitrogens with one attached hydrogen (secondary N) is 2. The van der Waals surface area contributed by atoms with Crippen LogP contribution >= 0.6 is 12.2 Å². The molecule has 6 heteroatoms. The fourth-order valence-electron chi connectivity index (χ4n) is 2.88. The molecule has 1 saturated heterocycles. The summed E-state index contributed by atoms with van der Waals surface area (Å²) in [6, 6.07) is 14.4. The Hall–Kier alpha value is -2.73. The molecule has 2 N–H and O–H groups in total. The molecule has 0 radical (unpaired) electrons. The first-order chi connectivity index (χ1) is 12.5. The van der Waals surface area contributed by atoms with E-state index in [4.69, 9.17) is 12.2 Å². The van der Waals surface area contributed by atoms with Crippen LogP contribution in [0.4, 0.5) is 5.69 Å². The zero-order valence-electron chi connectivity index (χ0n) is 14.6.